The molecule has 0 saturated carbocycles. The van der Waals surface area contributed by atoms with E-state index in [1.54, 1.807) is 13.2 Å². The van der Waals surface area contributed by atoms with Crippen molar-refractivity contribution in [2.24, 2.45) is 0 Å². The number of benzene rings is 2. The maximum absolute atomic E-state index is 12.6. The molecule has 0 bridgehead atoms. The van der Waals surface area contributed by atoms with E-state index in [0.29, 0.717) is 28.6 Å². The molecule has 29 heavy (non-hydrogen) atoms. The molecule has 5 rings (SSSR count). The highest BCUT2D eigenvalue weighted by Crippen LogP contribution is 2.49. The second kappa shape index (κ2) is 6.67. The number of nitrogens with one attached hydrogen (secondary N) is 1. The molecule has 7 heteroatoms. The molecule has 3 aliphatic rings. The number of carbonyl (C=O) groups excluding carboxylic acids is 1. The lowest BCUT2D eigenvalue weighted by Crippen LogP contribution is -2.20. The van der Waals surface area contributed by atoms with Crippen LogP contribution in [0.4, 0.5) is 5.69 Å². The van der Waals surface area contributed by atoms with Gasteiger partial charge in [-0.1, -0.05) is 12.0 Å². The van der Waals surface area contributed by atoms with Gasteiger partial charge in [0, 0.05) is 17.7 Å². The number of hydrogen-bond acceptors (Lipinski definition) is 7. The number of fused-ring (bicyclic) bond motifs is 2. The second-order valence-electron chi connectivity index (χ2n) is 6.72. The SMILES string of the molecule is C#CCOc1cc([C@H]2C3=C(COC3=O)Nc3cc4c(cc32)OCO4)ccc1OC. The molecule has 3 aliphatic heterocycles. The molecule has 1 N–H and O–H groups in total. The summed E-state index contributed by atoms with van der Waals surface area (Å²) in [6, 6.07) is 9.34. The molecule has 2 aromatic carbocycles. The van der Waals surface area contributed by atoms with E-state index in [1.807, 2.05) is 24.3 Å². The van der Waals surface area contributed by atoms with Crippen LogP contribution in [-0.2, 0) is 9.53 Å². The van der Waals surface area contributed by atoms with Crippen molar-refractivity contribution in [1.82, 2.24) is 0 Å². The molecule has 0 fully saturated rings. The maximum Gasteiger partial charge on any atom is 0.337 e. The molecule has 3 heterocycles. The summed E-state index contributed by atoms with van der Waals surface area (Å²) in [6.07, 6.45) is 5.33. The Labute approximate surface area is 167 Å². The first-order chi connectivity index (χ1) is 14.2. The number of anilines is 1. The monoisotopic (exact) mass is 391 g/mol. The topological polar surface area (TPSA) is 75.3 Å². The van der Waals surface area contributed by atoms with Gasteiger partial charge in [-0.3, -0.25) is 0 Å². The van der Waals surface area contributed by atoms with E-state index >= 15 is 0 Å². The van der Waals surface area contributed by atoms with Crippen LogP contribution in [-0.4, -0.2) is 33.1 Å². The van der Waals surface area contributed by atoms with Crippen molar-refractivity contribution in [2.45, 2.75) is 5.92 Å². The van der Waals surface area contributed by atoms with E-state index < -0.39 is 0 Å². The molecular weight excluding hydrogens is 374 g/mol. The number of hydrogen-bond donors (Lipinski definition) is 1. The highest BCUT2D eigenvalue weighted by atomic mass is 16.7. The summed E-state index contributed by atoms with van der Waals surface area (Å²) in [5.74, 6) is 4.13. The Kier molecular flexibility index (Phi) is 3.98. The molecule has 0 aliphatic carbocycles. The number of terminal acetylenes is 1. The summed E-state index contributed by atoms with van der Waals surface area (Å²) in [5.41, 5.74) is 3.90. The number of cyclic esters (lactones) is 1. The van der Waals surface area contributed by atoms with Crippen LogP contribution in [0.1, 0.15) is 17.0 Å². The Morgan fingerprint density at radius 2 is 2.00 bits per heavy atom. The fourth-order valence-corrected chi connectivity index (χ4v) is 3.89. The molecule has 0 spiro atoms. The smallest absolute Gasteiger partial charge is 0.337 e. The average molecular weight is 391 g/mol. The van der Waals surface area contributed by atoms with Crippen LogP contribution in [0.3, 0.4) is 0 Å². The van der Waals surface area contributed by atoms with Gasteiger partial charge in [0.25, 0.3) is 0 Å². The van der Waals surface area contributed by atoms with Crippen molar-refractivity contribution < 1.29 is 28.5 Å². The molecule has 0 radical (unpaired) electrons. The number of methoxy groups -OCH3 is 1. The first kappa shape index (κ1) is 17.3. The van der Waals surface area contributed by atoms with Gasteiger partial charge in [-0.25, -0.2) is 4.79 Å². The van der Waals surface area contributed by atoms with Gasteiger partial charge in [0.2, 0.25) is 6.79 Å². The second-order valence-corrected chi connectivity index (χ2v) is 6.72. The van der Waals surface area contributed by atoms with Crippen LogP contribution >= 0.6 is 0 Å². The van der Waals surface area contributed by atoms with E-state index in [-0.39, 0.29) is 31.9 Å². The van der Waals surface area contributed by atoms with Gasteiger partial charge < -0.3 is 29.0 Å². The van der Waals surface area contributed by atoms with Gasteiger partial charge >= 0.3 is 5.97 Å². The summed E-state index contributed by atoms with van der Waals surface area (Å²) in [5, 5.41) is 3.31. The molecule has 0 saturated heterocycles. The summed E-state index contributed by atoms with van der Waals surface area (Å²) < 4.78 is 27.4. The zero-order valence-electron chi connectivity index (χ0n) is 15.6. The van der Waals surface area contributed by atoms with E-state index in [2.05, 4.69) is 11.2 Å². The van der Waals surface area contributed by atoms with Crippen LogP contribution in [0.5, 0.6) is 23.0 Å². The minimum Gasteiger partial charge on any atom is -0.493 e. The lowest BCUT2D eigenvalue weighted by Gasteiger charge is -2.28. The number of ether oxygens (including phenoxy) is 5. The van der Waals surface area contributed by atoms with Gasteiger partial charge in [0.1, 0.15) is 13.2 Å². The zero-order valence-corrected chi connectivity index (χ0v) is 15.6. The van der Waals surface area contributed by atoms with Crippen LogP contribution in [0.25, 0.3) is 0 Å². The third-order valence-corrected chi connectivity index (χ3v) is 5.15. The maximum atomic E-state index is 12.6. The first-order valence-electron chi connectivity index (χ1n) is 9.04. The van der Waals surface area contributed by atoms with Crippen molar-refractivity contribution >= 4 is 11.7 Å². The third kappa shape index (κ3) is 2.72. The Hall–Kier alpha value is -3.79. The summed E-state index contributed by atoms with van der Waals surface area (Å²) in [4.78, 5) is 12.6. The third-order valence-electron chi connectivity index (χ3n) is 5.15. The molecule has 2 aromatic rings. The normalized spacial score (nSPS) is 18.3. The lowest BCUT2D eigenvalue weighted by molar-refractivity contribution is -0.136. The Morgan fingerprint density at radius 3 is 2.79 bits per heavy atom. The fourth-order valence-electron chi connectivity index (χ4n) is 3.89. The zero-order chi connectivity index (χ0) is 20.0. The van der Waals surface area contributed by atoms with Crippen molar-refractivity contribution in [3.8, 4) is 35.3 Å². The van der Waals surface area contributed by atoms with Gasteiger partial charge in [-0.2, -0.15) is 0 Å². The average Bonchev–Trinajstić information content (AvgIpc) is 3.35. The van der Waals surface area contributed by atoms with E-state index in [9.17, 15) is 4.79 Å². The molecule has 146 valence electrons. The van der Waals surface area contributed by atoms with Gasteiger partial charge in [-0.15, -0.1) is 6.42 Å². The van der Waals surface area contributed by atoms with Crippen molar-refractivity contribution in [3.05, 3.63) is 52.7 Å². The lowest BCUT2D eigenvalue weighted by atomic mass is 9.81. The molecular formula is C22H17NO6. The molecule has 1 atom stereocenters. The highest BCUT2D eigenvalue weighted by molar-refractivity contribution is 5.97. The minimum atomic E-state index is -0.357. The van der Waals surface area contributed by atoms with E-state index in [0.717, 1.165) is 22.5 Å². The van der Waals surface area contributed by atoms with Crippen LogP contribution in [0.15, 0.2) is 41.6 Å². The largest absolute Gasteiger partial charge is 0.493 e. The van der Waals surface area contributed by atoms with E-state index in [1.165, 1.54) is 0 Å². The van der Waals surface area contributed by atoms with Crippen molar-refractivity contribution in [2.75, 3.05) is 32.4 Å². The molecule has 7 nitrogen and oxygen atoms in total. The van der Waals surface area contributed by atoms with Crippen molar-refractivity contribution in [1.29, 1.82) is 0 Å². The van der Waals surface area contributed by atoms with Crippen molar-refractivity contribution in [3.63, 3.8) is 0 Å². The quantitative estimate of drug-likeness (QED) is 0.635. The highest BCUT2D eigenvalue weighted by Gasteiger charge is 2.39. The van der Waals surface area contributed by atoms with Crippen LogP contribution in [0, 0.1) is 12.3 Å². The predicted octanol–water partition coefficient (Wildman–Crippen LogP) is 2.80. The Bertz CT molecular complexity index is 1100. The summed E-state index contributed by atoms with van der Waals surface area (Å²) in [7, 11) is 1.56. The number of esters is 1. The van der Waals surface area contributed by atoms with Gasteiger partial charge in [0.15, 0.2) is 23.0 Å². The van der Waals surface area contributed by atoms with Crippen LogP contribution < -0.4 is 24.3 Å². The minimum absolute atomic E-state index is 0.108. The summed E-state index contributed by atoms with van der Waals surface area (Å²) >= 11 is 0. The Balaban J connectivity index is 1.67. The molecule has 0 amide bonds. The summed E-state index contributed by atoms with van der Waals surface area (Å²) in [6.45, 7) is 0.483. The Morgan fingerprint density at radius 1 is 1.17 bits per heavy atom. The predicted molar refractivity (Wildman–Crippen MR) is 103 cm³/mol. The standard InChI is InChI=1S/C22H17NO6/c1-3-6-26-17-7-12(4-5-16(17)25-2)20-13-8-18-19(29-11-28-18)9-14(13)23-15-10-27-22(24)21(15)20/h1,4-5,7-9,20,23H,6,10-11H2,2H3/t20-/m1/s1. The molecule has 0 aromatic heterocycles. The van der Waals surface area contributed by atoms with Gasteiger partial charge in [-0.05, 0) is 29.3 Å². The van der Waals surface area contributed by atoms with E-state index in [4.69, 9.17) is 30.1 Å². The first-order valence-corrected chi connectivity index (χ1v) is 9.04. The van der Waals surface area contributed by atoms with Gasteiger partial charge in [0.05, 0.1) is 18.4 Å². The number of rotatable bonds is 4. The number of carbonyl (C=O) groups is 1. The van der Waals surface area contributed by atoms with Crippen LogP contribution in [0.2, 0.25) is 0 Å². The fraction of sp³-hybridized carbons (Fsp3) is 0.227. The molecule has 0 unspecified atom stereocenters.